The quantitative estimate of drug-likeness (QED) is 0.674. The van der Waals surface area contributed by atoms with Gasteiger partial charge in [-0.15, -0.1) is 24.0 Å². The lowest BCUT2D eigenvalue weighted by molar-refractivity contribution is 1.24. The van der Waals surface area contributed by atoms with Crippen molar-refractivity contribution in [2.45, 2.75) is 6.92 Å². The SMILES string of the molecule is Cc1cccnc1C=CCCl.Cl. The van der Waals surface area contributed by atoms with Crippen LogP contribution in [-0.2, 0) is 0 Å². The van der Waals surface area contributed by atoms with E-state index in [-0.39, 0.29) is 12.4 Å². The molecule has 3 heteroatoms. The van der Waals surface area contributed by atoms with Crippen molar-refractivity contribution in [1.82, 2.24) is 4.98 Å². The van der Waals surface area contributed by atoms with Gasteiger partial charge < -0.3 is 0 Å². The molecule has 0 N–H and O–H groups in total. The van der Waals surface area contributed by atoms with Gasteiger partial charge in [-0.25, -0.2) is 0 Å². The maximum absolute atomic E-state index is 5.49. The van der Waals surface area contributed by atoms with Crippen molar-refractivity contribution in [3.05, 3.63) is 35.7 Å². The van der Waals surface area contributed by atoms with Crippen LogP contribution in [0.2, 0.25) is 0 Å². The zero-order chi connectivity index (χ0) is 8.10. The lowest BCUT2D eigenvalue weighted by atomic mass is 10.2. The van der Waals surface area contributed by atoms with E-state index >= 15 is 0 Å². The number of pyridine rings is 1. The maximum atomic E-state index is 5.49. The topological polar surface area (TPSA) is 12.9 Å². The zero-order valence-electron chi connectivity index (χ0n) is 6.83. The first kappa shape index (κ1) is 11.5. The van der Waals surface area contributed by atoms with Crippen molar-refractivity contribution in [2.75, 3.05) is 5.88 Å². The Kier molecular flexibility index (Phi) is 5.77. The lowest BCUT2D eigenvalue weighted by Gasteiger charge is -1.95. The van der Waals surface area contributed by atoms with Crippen LogP contribution in [0.5, 0.6) is 0 Å². The molecule has 0 saturated carbocycles. The van der Waals surface area contributed by atoms with Crippen molar-refractivity contribution in [3.63, 3.8) is 0 Å². The number of aryl methyl sites for hydroxylation is 1. The normalized spacial score (nSPS) is 9.83. The molecule has 12 heavy (non-hydrogen) atoms. The van der Waals surface area contributed by atoms with Gasteiger partial charge in [0.15, 0.2) is 0 Å². The number of hydrogen-bond acceptors (Lipinski definition) is 1. The van der Waals surface area contributed by atoms with E-state index < -0.39 is 0 Å². The van der Waals surface area contributed by atoms with Gasteiger partial charge in [-0.1, -0.05) is 12.1 Å². The van der Waals surface area contributed by atoms with Crippen LogP contribution < -0.4 is 0 Å². The summed E-state index contributed by atoms with van der Waals surface area (Å²) >= 11 is 5.49. The molecule has 66 valence electrons. The monoisotopic (exact) mass is 203 g/mol. The largest absolute Gasteiger partial charge is 0.257 e. The summed E-state index contributed by atoms with van der Waals surface area (Å²) in [5.41, 5.74) is 2.17. The Bertz CT molecular complexity index is 258. The number of hydrogen-bond donors (Lipinski definition) is 0. The second-order valence-electron chi connectivity index (χ2n) is 2.26. The van der Waals surface area contributed by atoms with Gasteiger partial charge in [0.2, 0.25) is 0 Å². The molecule has 1 aromatic heterocycles. The number of aromatic nitrogens is 1. The van der Waals surface area contributed by atoms with E-state index in [1.54, 1.807) is 6.20 Å². The minimum atomic E-state index is 0. The molecule has 1 nitrogen and oxygen atoms in total. The van der Waals surface area contributed by atoms with Gasteiger partial charge in [0.25, 0.3) is 0 Å². The highest BCUT2D eigenvalue weighted by molar-refractivity contribution is 6.19. The summed E-state index contributed by atoms with van der Waals surface area (Å²) in [5.74, 6) is 0.538. The molecule has 0 bridgehead atoms. The fourth-order valence-corrected chi connectivity index (χ4v) is 0.918. The van der Waals surface area contributed by atoms with Crippen molar-refractivity contribution >= 4 is 30.1 Å². The van der Waals surface area contributed by atoms with Crippen LogP contribution in [0.15, 0.2) is 24.4 Å². The summed E-state index contributed by atoms with van der Waals surface area (Å²) in [4.78, 5) is 4.17. The Hall–Kier alpha value is -0.530. The van der Waals surface area contributed by atoms with Crippen LogP contribution in [0.25, 0.3) is 6.08 Å². The fourth-order valence-electron chi connectivity index (χ4n) is 0.829. The average molecular weight is 204 g/mol. The number of halogens is 2. The summed E-state index contributed by atoms with van der Waals surface area (Å²) in [6.07, 6.45) is 5.60. The summed E-state index contributed by atoms with van der Waals surface area (Å²) < 4.78 is 0. The number of rotatable bonds is 2. The Morgan fingerprint density at radius 1 is 1.58 bits per heavy atom. The molecule has 0 saturated heterocycles. The third-order valence-corrected chi connectivity index (χ3v) is 1.59. The van der Waals surface area contributed by atoms with Crippen LogP contribution in [0.1, 0.15) is 11.3 Å². The highest BCUT2D eigenvalue weighted by Crippen LogP contribution is 2.04. The Morgan fingerprint density at radius 2 is 2.33 bits per heavy atom. The van der Waals surface area contributed by atoms with E-state index in [1.165, 1.54) is 5.56 Å². The summed E-state index contributed by atoms with van der Waals surface area (Å²) in [5, 5.41) is 0. The van der Waals surface area contributed by atoms with Crippen LogP contribution in [0.4, 0.5) is 0 Å². The highest BCUT2D eigenvalue weighted by Gasteiger charge is 1.90. The smallest absolute Gasteiger partial charge is 0.0656 e. The summed E-state index contributed by atoms with van der Waals surface area (Å²) in [6.45, 7) is 2.03. The minimum absolute atomic E-state index is 0. The van der Waals surface area contributed by atoms with Crippen LogP contribution in [-0.4, -0.2) is 10.9 Å². The van der Waals surface area contributed by atoms with E-state index in [0.717, 1.165) is 5.69 Å². The van der Waals surface area contributed by atoms with E-state index in [4.69, 9.17) is 11.6 Å². The lowest BCUT2D eigenvalue weighted by Crippen LogP contribution is -1.83. The van der Waals surface area contributed by atoms with Crippen LogP contribution in [0.3, 0.4) is 0 Å². The van der Waals surface area contributed by atoms with E-state index in [1.807, 2.05) is 31.2 Å². The summed E-state index contributed by atoms with van der Waals surface area (Å²) in [6, 6.07) is 3.95. The van der Waals surface area contributed by atoms with E-state index in [2.05, 4.69) is 4.98 Å². The second-order valence-corrected chi connectivity index (χ2v) is 2.57. The molecule has 0 fully saturated rings. The second kappa shape index (κ2) is 6.04. The number of allylic oxidation sites excluding steroid dienone is 1. The van der Waals surface area contributed by atoms with Gasteiger partial charge in [-0.3, -0.25) is 4.98 Å². The number of nitrogens with zero attached hydrogens (tertiary/aromatic N) is 1. The third-order valence-electron chi connectivity index (χ3n) is 1.41. The molecule has 0 amide bonds. The molecule has 0 aliphatic carbocycles. The molecule has 0 atom stereocenters. The predicted molar refractivity (Wildman–Crippen MR) is 56.0 cm³/mol. The van der Waals surface area contributed by atoms with Gasteiger partial charge in [-0.2, -0.15) is 0 Å². The minimum Gasteiger partial charge on any atom is -0.257 e. The Balaban J connectivity index is 0.00000121. The van der Waals surface area contributed by atoms with E-state index in [9.17, 15) is 0 Å². The Morgan fingerprint density at radius 3 is 2.92 bits per heavy atom. The van der Waals surface area contributed by atoms with E-state index in [0.29, 0.717) is 5.88 Å². The third kappa shape index (κ3) is 3.24. The van der Waals surface area contributed by atoms with Crippen molar-refractivity contribution in [1.29, 1.82) is 0 Å². The first-order valence-electron chi connectivity index (χ1n) is 3.48. The van der Waals surface area contributed by atoms with Crippen molar-refractivity contribution < 1.29 is 0 Å². The van der Waals surface area contributed by atoms with Gasteiger partial charge in [-0.05, 0) is 24.6 Å². The molecule has 0 radical (unpaired) electrons. The molecule has 0 aliphatic rings. The standard InChI is InChI=1S/C9H10ClN.ClH/c1-8-4-3-7-11-9(8)5-2-6-10;/h2-5,7H,6H2,1H3;1H. The van der Waals surface area contributed by atoms with Crippen LogP contribution in [0, 0.1) is 6.92 Å². The fraction of sp³-hybridized carbons (Fsp3) is 0.222. The molecule has 0 aromatic carbocycles. The Labute approximate surface area is 83.9 Å². The predicted octanol–water partition coefficient (Wildman–Crippen LogP) is 3.06. The zero-order valence-corrected chi connectivity index (χ0v) is 8.40. The first-order valence-corrected chi connectivity index (χ1v) is 4.02. The molecular formula is C9H11Cl2N. The molecule has 1 rings (SSSR count). The molecule has 0 spiro atoms. The molecule has 0 aliphatic heterocycles. The first-order chi connectivity index (χ1) is 5.34. The average Bonchev–Trinajstić information content (AvgIpc) is 2.03. The van der Waals surface area contributed by atoms with Crippen molar-refractivity contribution in [2.24, 2.45) is 0 Å². The van der Waals surface area contributed by atoms with Gasteiger partial charge in [0.1, 0.15) is 0 Å². The summed E-state index contributed by atoms with van der Waals surface area (Å²) in [7, 11) is 0. The number of alkyl halides is 1. The maximum Gasteiger partial charge on any atom is 0.0656 e. The van der Waals surface area contributed by atoms with Crippen LogP contribution >= 0.6 is 24.0 Å². The van der Waals surface area contributed by atoms with Gasteiger partial charge in [0.05, 0.1) is 5.69 Å². The van der Waals surface area contributed by atoms with Gasteiger partial charge >= 0.3 is 0 Å². The van der Waals surface area contributed by atoms with Gasteiger partial charge in [0, 0.05) is 12.1 Å². The van der Waals surface area contributed by atoms with Crippen molar-refractivity contribution in [3.8, 4) is 0 Å². The molecule has 1 aromatic rings. The molecule has 1 heterocycles. The molecular weight excluding hydrogens is 193 g/mol. The molecule has 0 unspecified atom stereocenters. The highest BCUT2D eigenvalue weighted by atomic mass is 35.5.